The van der Waals surface area contributed by atoms with Crippen molar-refractivity contribution in [1.82, 2.24) is 4.57 Å². The molecule has 1 atom stereocenters. The van der Waals surface area contributed by atoms with E-state index >= 15 is 0 Å². The summed E-state index contributed by atoms with van der Waals surface area (Å²) in [5.74, 6) is -1.46. The zero-order valence-electron chi connectivity index (χ0n) is 15.6. The van der Waals surface area contributed by atoms with Crippen LogP contribution in [0.2, 0.25) is 5.02 Å². The van der Waals surface area contributed by atoms with Gasteiger partial charge in [-0.1, -0.05) is 41.9 Å². The van der Waals surface area contributed by atoms with Crippen LogP contribution in [0.15, 0.2) is 82.0 Å². The van der Waals surface area contributed by atoms with Gasteiger partial charge in [0.05, 0.1) is 12.1 Å². The molecule has 0 saturated heterocycles. The summed E-state index contributed by atoms with van der Waals surface area (Å²) in [6, 6.07) is 19.4. The van der Waals surface area contributed by atoms with E-state index in [1.165, 1.54) is 10.6 Å². The predicted octanol–water partition coefficient (Wildman–Crippen LogP) is 3.72. The van der Waals surface area contributed by atoms with Crippen LogP contribution in [0.5, 0.6) is 0 Å². The van der Waals surface area contributed by atoms with E-state index in [0.717, 1.165) is 0 Å². The lowest BCUT2D eigenvalue weighted by Gasteiger charge is -2.10. The van der Waals surface area contributed by atoms with Crippen LogP contribution in [0.3, 0.4) is 0 Å². The molecular weight excluding hydrogens is 406 g/mol. The van der Waals surface area contributed by atoms with E-state index < -0.39 is 17.6 Å². The molecule has 1 aromatic heterocycles. The Morgan fingerprint density at radius 2 is 1.60 bits per heavy atom. The van der Waals surface area contributed by atoms with Gasteiger partial charge in [0.25, 0.3) is 0 Å². The number of aliphatic hydroxyl groups excluding tert-OH is 1. The number of aliphatic hydroxyl groups is 1. The Morgan fingerprint density at radius 3 is 2.30 bits per heavy atom. The van der Waals surface area contributed by atoms with E-state index in [0.29, 0.717) is 27.2 Å². The fraction of sp³-hybridized carbons (Fsp3) is 0.0870. The molecule has 0 aliphatic carbocycles. The maximum atomic E-state index is 12.7. The van der Waals surface area contributed by atoms with Crippen LogP contribution in [0.1, 0.15) is 26.3 Å². The average Bonchev–Trinajstić information content (AvgIpc) is 3.08. The molecule has 1 unspecified atom stereocenters. The van der Waals surface area contributed by atoms with Gasteiger partial charge in [-0.15, -0.1) is 0 Å². The molecule has 0 bridgehead atoms. The summed E-state index contributed by atoms with van der Waals surface area (Å²) < 4.78 is 6.42. The number of carbonyl (C=O) groups is 2. The summed E-state index contributed by atoms with van der Waals surface area (Å²) in [6.07, 6.45) is -1.42. The standard InChI is InChI=1S/C23H16ClNO5/c24-17-9-6-15(7-10-17)21(27)16-8-11-18-20(12-16)30-23(29)25(18)13-19(26)22(28)14-4-2-1-3-5-14/h1-12,19,26H,13H2. The first kappa shape index (κ1) is 19.8. The van der Waals surface area contributed by atoms with Crippen molar-refractivity contribution in [3.05, 3.63) is 105 Å². The Bertz CT molecular complexity index is 1290. The second-order valence-electron chi connectivity index (χ2n) is 6.74. The Labute approximate surface area is 175 Å². The second-order valence-corrected chi connectivity index (χ2v) is 7.18. The normalized spacial score (nSPS) is 12.1. The quantitative estimate of drug-likeness (QED) is 0.479. The van der Waals surface area contributed by atoms with Crippen molar-refractivity contribution in [1.29, 1.82) is 0 Å². The maximum absolute atomic E-state index is 12.7. The highest BCUT2D eigenvalue weighted by Gasteiger charge is 2.21. The number of halogens is 1. The molecule has 3 aromatic carbocycles. The highest BCUT2D eigenvalue weighted by molar-refractivity contribution is 6.30. The van der Waals surface area contributed by atoms with Crippen molar-refractivity contribution >= 4 is 34.3 Å². The number of nitrogens with zero attached hydrogens (tertiary/aromatic N) is 1. The molecule has 0 amide bonds. The van der Waals surface area contributed by atoms with Crippen molar-refractivity contribution in [2.45, 2.75) is 12.6 Å². The van der Waals surface area contributed by atoms with Gasteiger partial charge in [-0.05, 0) is 42.5 Å². The van der Waals surface area contributed by atoms with Gasteiger partial charge >= 0.3 is 5.76 Å². The van der Waals surface area contributed by atoms with Crippen molar-refractivity contribution in [3.63, 3.8) is 0 Å². The largest absolute Gasteiger partial charge is 0.420 e. The smallest absolute Gasteiger partial charge is 0.408 e. The zero-order valence-corrected chi connectivity index (χ0v) is 16.4. The molecule has 7 heteroatoms. The van der Waals surface area contributed by atoms with E-state index in [2.05, 4.69) is 0 Å². The minimum Gasteiger partial charge on any atom is -0.408 e. The van der Waals surface area contributed by atoms with E-state index in [-0.39, 0.29) is 17.9 Å². The summed E-state index contributed by atoms with van der Waals surface area (Å²) in [5, 5.41) is 10.8. The molecule has 0 saturated carbocycles. The number of aromatic nitrogens is 1. The Morgan fingerprint density at radius 1 is 0.933 bits per heavy atom. The number of oxazole rings is 1. The lowest BCUT2D eigenvalue weighted by atomic mass is 10.0. The molecule has 0 spiro atoms. The van der Waals surface area contributed by atoms with E-state index in [9.17, 15) is 19.5 Å². The molecule has 0 aliphatic heterocycles. The SMILES string of the molecule is O=C(c1ccc(Cl)cc1)c1ccc2c(c1)oc(=O)n2CC(O)C(=O)c1ccccc1. The van der Waals surface area contributed by atoms with Crippen LogP contribution in [0.25, 0.3) is 11.1 Å². The van der Waals surface area contributed by atoms with Gasteiger partial charge in [-0.3, -0.25) is 14.2 Å². The van der Waals surface area contributed by atoms with Crippen LogP contribution < -0.4 is 5.76 Å². The van der Waals surface area contributed by atoms with E-state index in [4.69, 9.17) is 16.0 Å². The molecule has 150 valence electrons. The van der Waals surface area contributed by atoms with Crippen LogP contribution >= 0.6 is 11.6 Å². The molecule has 1 N–H and O–H groups in total. The summed E-state index contributed by atoms with van der Waals surface area (Å²) in [6.45, 7) is -0.260. The van der Waals surface area contributed by atoms with Gasteiger partial charge < -0.3 is 9.52 Å². The van der Waals surface area contributed by atoms with Crippen LogP contribution in [-0.4, -0.2) is 27.3 Å². The van der Waals surface area contributed by atoms with Crippen LogP contribution in [0, 0.1) is 0 Å². The van der Waals surface area contributed by atoms with Gasteiger partial charge in [0.15, 0.2) is 17.1 Å². The Hall–Kier alpha value is -3.48. The molecule has 0 radical (unpaired) electrons. The topological polar surface area (TPSA) is 89.5 Å². The third-order valence-electron chi connectivity index (χ3n) is 4.75. The van der Waals surface area contributed by atoms with Gasteiger partial charge in [-0.2, -0.15) is 0 Å². The van der Waals surface area contributed by atoms with Gasteiger partial charge in [0.1, 0.15) is 6.10 Å². The molecule has 4 rings (SSSR count). The Kier molecular flexibility index (Phi) is 5.35. The summed E-state index contributed by atoms with van der Waals surface area (Å²) in [7, 11) is 0. The second kappa shape index (κ2) is 8.10. The third-order valence-corrected chi connectivity index (χ3v) is 5.01. The number of hydrogen-bond donors (Lipinski definition) is 1. The first-order valence-electron chi connectivity index (χ1n) is 9.15. The lowest BCUT2D eigenvalue weighted by molar-refractivity contribution is 0.0710. The molecule has 0 aliphatic rings. The molecule has 0 fully saturated rings. The van der Waals surface area contributed by atoms with Crippen molar-refractivity contribution in [3.8, 4) is 0 Å². The average molecular weight is 422 g/mol. The lowest BCUT2D eigenvalue weighted by Crippen LogP contribution is -2.30. The monoisotopic (exact) mass is 421 g/mol. The summed E-state index contributed by atoms with van der Waals surface area (Å²) in [5.41, 5.74) is 1.71. The molecule has 30 heavy (non-hydrogen) atoms. The number of ketones is 2. The fourth-order valence-corrected chi connectivity index (χ4v) is 3.33. The minimum atomic E-state index is -1.42. The number of rotatable bonds is 6. The predicted molar refractivity (Wildman–Crippen MR) is 112 cm³/mol. The fourth-order valence-electron chi connectivity index (χ4n) is 3.20. The number of Topliss-reactive ketones (excluding diaryl/α,β-unsaturated/α-hetero) is 1. The minimum absolute atomic E-state index is 0.194. The first-order valence-corrected chi connectivity index (χ1v) is 9.53. The van der Waals surface area contributed by atoms with E-state index in [1.54, 1.807) is 66.7 Å². The summed E-state index contributed by atoms with van der Waals surface area (Å²) >= 11 is 5.86. The van der Waals surface area contributed by atoms with Crippen molar-refractivity contribution in [2.75, 3.05) is 0 Å². The van der Waals surface area contributed by atoms with Gasteiger partial charge in [-0.25, -0.2) is 4.79 Å². The maximum Gasteiger partial charge on any atom is 0.420 e. The number of hydrogen-bond acceptors (Lipinski definition) is 5. The van der Waals surface area contributed by atoms with Gasteiger partial charge in [0, 0.05) is 21.7 Å². The summed E-state index contributed by atoms with van der Waals surface area (Å²) in [4.78, 5) is 37.4. The van der Waals surface area contributed by atoms with Crippen molar-refractivity contribution < 1.29 is 19.1 Å². The molecule has 1 heterocycles. The van der Waals surface area contributed by atoms with Crippen molar-refractivity contribution in [2.24, 2.45) is 0 Å². The third kappa shape index (κ3) is 3.83. The highest BCUT2D eigenvalue weighted by atomic mass is 35.5. The van der Waals surface area contributed by atoms with Gasteiger partial charge in [0.2, 0.25) is 0 Å². The number of benzene rings is 3. The van der Waals surface area contributed by atoms with Crippen LogP contribution in [0.4, 0.5) is 0 Å². The Balaban J connectivity index is 1.62. The number of carbonyl (C=O) groups excluding carboxylic acids is 2. The number of fused-ring (bicyclic) bond motifs is 1. The zero-order chi connectivity index (χ0) is 21.3. The van der Waals surface area contributed by atoms with Crippen LogP contribution in [-0.2, 0) is 6.54 Å². The first-order chi connectivity index (χ1) is 14.4. The molecular formula is C23H16ClNO5. The molecule has 4 aromatic rings. The molecule has 6 nitrogen and oxygen atoms in total. The van der Waals surface area contributed by atoms with E-state index in [1.807, 2.05) is 0 Å². The highest BCUT2D eigenvalue weighted by Crippen LogP contribution is 2.20.